The third-order valence-corrected chi connectivity index (χ3v) is 3.47. The van der Waals surface area contributed by atoms with Gasteiger partial charge in [0.15, 0.2) is 0 Å². The molecular formula is C19H19N3. The van der Waals surface area contributed by atoms with Crippen molar-refractivity contribution in [2.75, 3.05) is 5.32 Å². The maximum Gasteiger partial charge on any atom is 0.131 e. The first kappa shape index (κ1) is 14.3. The zero-order valence-corrected chi connectivity index (χ0v) is 13.1. The van der Waals surface area contributed by atoms with Crippen LogP contribution in [-0.2, 0) is 0 Å². The Bertz CT molecular complexity index is 792. The average molecular weight is 289 g/mol. The first-order chi connectivity index (χ1) is 10.6. The molecule has 22 heavy (non-hydrogen) atoms. The summed E-state index contributed by atoms with van der Waals surface area (Å²) in [4.78, 5) is 9.11. The summed E-state index contributed by atoms with van der Waals surface area (Å²) < 4.78 is 0. The van der Waals surface area contributed by atoms with Gasteiger partial charge in [0.1, 0.15) is 5.82 Å². The zero-order chi connectivity index (χ0) is 15.5. The molecule has 3 rings (SSSR count). The normalized spacial score (nSPS) is 10.5. The quantitative estimate of drug-likeness (QED) is 0.751. The molecule has 2 heterocycles. The minimum atomic E-state index is 0.835. The molecule has 1 aromatic carbocycles. The Morgan fingerprint density at radius 3 is 2.18 bits per heavy atom. The number of hydrogen-bond acceptors (Lipinski definition) is 3. The predicted octanol–water partition coefficient (Wildman–Crippen LogP) is 4.81. The number of aromatic nitrogens is 2. The number of aryl methyl sites for hydroxylation is 3. The van der Waals surface area contributed by atoms with E-state index < -0.39 is 0 Å². The van der Waals surface area contributed by atoms with Gasteiger partial charge in [0.25, 0.3) is 0 Å². The maximum atomic E-state index is 4.69. The lowest BCUT2D eigenvalue weighted by Crippen LogP contribution is -1.97. The van der Waals surface area contributed by atoms with Crippen molar-refractivity contribution in [1.82, 2.24) is 9.97 Å². The summed E-state index contributed by atoms with van der Waals surface area (Å²) in [6.45, 7) is 6.21. The van der Waals surface area contributed by atoms with Crippen LogP contribution >= 0.6 is 0 Å². The highest BCUT2D eigenvalue weighted by atomic mass is 15.0. The van der Waals surface area contributed by atoms with Crippen molar-refractivity contribution in [3.05, 3.63) is 71.4 Å². The molecule has 0 aliphatic rings. The van der Waals surface area contributed by atoms with E-state index >= 15 is 0 Å². The minimum Gasteiger partial charge on any atom is -0.340 e. The molecule has 0 saturated heterocycles. The molecular weight excluding hydrogens is 270 g/mol. The van der Waals surface area contributed by atoms with Crippen LogP contribution < -0.4 is 5.32 Å². The van der Waals surface area contributed by atoms with Crippen molar-refractivity contribution in [2.45, 2.75) is 20.8 Å². The molecule has 0 aliphatic heterocycles. The van der Waals surface area contributed by atoms with Gasteiger partial charge < -0.3 is 5.32 Å². The van der Waals surface area contributed by atoms with Gasteiger partial charge in [0, 0.05) is 11.9 Å². The van der Waals surface area contributed by atoms with E-state index in [1.165, 1.54) is 11.1 Å². The molecule has 0 amide bonds. The molecule has 0 unspecified atom stereocenters. The lowest BCUT2D eigenvalue weighted by molar-refractivity contribution is 1.21. The van der Waals surface area contributed by atoms with Gasteiger partial charge in [-0.15, -0.1) is 0 Å². The Balaban J connectivity index is 1.94. The number of benzene rings is 1. The predicted molar refractivity (Wildman–Crippen MR) is 91.4 cm³/mol. The lowest BCUT2D eigenvalue weighted by atomic mass is 10.1. The molecule has 0 radical (unpaired) electrons. The Morgan fingerprint density at radius 2 is 1.45 bits per heavy atom. The number of pyridine rings is 2. The van der Waals surface area contributed by atoms with E-state index in [2.05, 4.69) is 72.5 Å². The molecule has 0 atom stereocenters. The Labute approximate surface area is 131 Å². The van der Waals surface area contributed by atoms with Crippen LogP contribution in [-0.4, -0.2) is 9.97 Å². The Hall–Kier alpha value is -2.68. The molecule has 2 aromatic heterocycles. The van der Waals surface area contributed by atoms with Crippen molar-refractivity contribution in [3.8, 4) is 11.4 Å². The highest BCUT2D eigenvalue weighted by molar-refractivity contribution is 5.63. The number of hydrogen-bond donors (Lipinski definition) is 1. The van der Waals surface area contributed by atoms with E-state index in [1.807, 2.05) is 18.3 Å². The summed E-state index contributed by atoms with van der Waals surface area (Å²) >= 11 is 0. The largest absolute Gasteiger partial charge is 0.340 e. The standard InChI is InChI=1S/C19H19N3/c1-13-4-6-16(7-5-13)21-19-12-15(3)11-18(22-19)17-10-14(2)8-9-20-17/h4-12H,1-3H3,(H,21,22). The topological polar surface area (TPSA) is 37.8 Å². The van der Waals surface area contributed by atoms with Gasteiger partial charge in [0.05, 0.1) is 11.4 Å². The summed E-state index contributed by atoms with van der Waals surface area (Å²) in [7, 11) is 0. The van der Waals surface area contributed by atoms with E-state index in [4.69, 9.17) is 0 Å². The second-order valence-corrected chi connectivity index (χ2v) is 5.62. The number of anilines is 2. The first-order valence-corrected chi connectivity index (χ1v) is 7.35. The van der Waals surface area contributed by atoms with Crippen LogP contribution in [0.2, 0.25) is 0 Å². The van der Waals surface area contributed by atoms with Crippen molar-refractivity contribution in [1.29, 1.82) is 0 Å². The summed E-state index contributed by atoms with van der Waals surface area (Å²) in [6.07, 6.45) is 1.82. The number of nitrogens with zero attached hydrogens (tertiary/aromatic N) is 2. The van der Waals surface area contributed by atoms with Gasteiger partial charge >= 0.3 is 0 Å². The van der Waals surface area contributed by atoms with Crippen molar-refractivity contribution >= 4 is 11.5 Å². The van der Waals surface area contributed by atoms with E-state index in [1.54, 1.807) is 0 Å². The third kappa shape index (κ3) is 3.31. The zero-order valence-electron chi connectivity index (χ0n) is 13.1. The molecule has 0 fully saturated rings. The van der Waals surface area contributed by atoms with Crippen LogP contribution in [0.25, 0.3) is 11.4 Å². The van der Waals surface area contributed by atoms with Gasteiger partial charge in [0.2, 0.25) is 0 Å². The van der Waals surface area contributed by atoms with Gasteiger partial charge in [-0.1, -0.05) is 17.7 Å². The third-order valence-electron chi connectivity index (χ3n) is 3.47. The molecule has 0 saturated carbocycles. The second kappa shape index (κ2) is 5.98. The van der Waals surface area contributed by atoms with E-state index in [0.29, 0.717) is 0 Å². The lowest BCUT2D eigenvalue weighted by Gasteiger charge is -2.09. The van der Waals surface area contributed by atoms with Gasteiger partial charge in [-0.2, -0.15) is 0 Å². The van der Waals surface area contributed by atoms with Crippen LogP contribution in [0.1, 0.15) is 16.7 Å². The summed E-state index contributed by atoms with van der Waals surface area (Å²) in [5, 5.41) is 3.36. The fourth-order valence-electron chi connectivity index (χ4n) is 2.32. The Morgan fingerprint density at radius 1 is 0.727 bits per heavy atom. The molecule has 3 heteroatoms. The SMILES string of the molecule is Cc1ccc(Nc2cc(C)cc(-c3cc(C)ccn3)n2)cc1. The molecule has 0 spiro atoms. The number of rotatable bonds is 3. The first-order valence-electron chi connectivity index (χ1n) is 7.35. The highest BCUT2D eigenvalue weighted by Gasteiger charge is 2.05. The summed E-state index contributed by atoms with van der Waals surface area (Å²) in [5.41, 5.74) is 6.40. The van der Waals surface area contributed by atoms with Crippen LogP contribution in [0.3, 0.4) is 0 Å². The molecule has 0 bridgehead atoms. The van der Waals surface area contributed by atoms with Crippen molar-refractivity contribution in [3.63, 3.8) is 0 Å². The van der Waals surface area contributed by atoms with Gasteiger partial charge in [-0.05, 0) is 68.3 Å². The summed E-state index contributed by atoms with van der Waals surface area (Å²) in [6, 6.07) is 16.4. The molecule has 0 aliphatic carbocycles. The second-order valence-electron chi connectivity index (χ2n) is 5.62. The summed E-state index contributed by atoms with van der Waals surface area (Å²) in [5.74, 6) is 0.835. The van der Waals surface area contributed by atoms with Crippen molar-refractivity contribution in [2.24, 2.45) is 0 Å². The van der Waals surface area contributed by atoms with E-state index in [0.717, 1.165) is 28.5 Å². The molecule has 3 aromatic rings. The van der Waals surface area contributed by atoms with E-state index in [-0.39, 0.29) is 0 Å². The van der Waals surface area contributed by atoms with Crippen LogP contribution in [0.4, 0.5) is 11.5 Å². The Kier molecular flexibility index (Phi) is 3.88. The van der Waals surface area contributed by atoms with Crippen LogP contribution in [0.5, 0.6) is 0 Å². The van der Waals surface area contributed by atoms with Gasteiger partial charge in [-0.25, -0.2) is 4.98 Å². The monoisotopic (exact) mass is 289 g/mol. The number of nitrogens with one attached hydrogen (secondary N) is 1. The minimum absolute atomic E-state index is 0.835. The fourth-order valence-corrected chi connectivity index (χ4v) is 2.32. The van der Waals surface area contributed by atoms with Crippen molar-refractivity contribution < 1.29 is 0 Å². The van der Waals surface area contributed by atoms with Crippen LogP contribution in [0, 0.1) is 20.8 Å². The van der Waals surface area contributed by atoms with Gasteiger partial charge in [-0.3, -0.25) is 4.98 Å². The van der Waals surface area contributed by atoms with Crippen LogP contribution in [0.15, 0.2) is 54.7 Å². The maximum absolute atomic E-state index is 4.69. The fraction of sp³-hybridized carbons (Fsp3) is 0.158. The molecule has 3 nitrogen and oxygen atoms in total. The molecule has 1 N–H and O–H groups in total. The highest BCUT2D eigenvalue weighted by Crippen LogP contribution is 2.22. The van der Waals surface area contributed by atoms with E-state index in [9.17, 15) is 0 Å². The average Bonchev–Trinajstić information content (AvgIpc) is 2.49. The smallest absolute Gasteiger partial charge is 0.131 e. The molecule has 110 valence electrons.